The molecular formula is C6H9O4-. The maximum atomic E-state index is 10.5. The van der Waals surface area contributed by atoms with Crippen molar-refractivity contribution in [1.82, 2.24) is 0 Å². The second kappa shape index (κ2) is 2.79. The third kappa shape index (κ3) is 1.80. The van der Waals surface area contributed by atoms with Gasteiger partial charge in [-0.15, -0.1) is 0 Å². The largest absolute Gasteiger partial charge is 0.542 e. The molecule has 4 heteroatoms. The van der Waals surface area contributed by atoms with E-state index in [1.807, 2.05) is 0 Å². The van der Waals surface area contributed by atoms with E-state index in [4.69, 9.17) is 5.11 Å². The zero-order valence-corrected chi connectivity index (χ0v) is 5.88. The Hall–Kier alpha value is -0.900. The highest BCUT2D eigenvalue weighted by Crippen LogP contribution is 2.08. The first-order chi connectivity index (χ1) is 4.41. The number of carboxylic acids is 1. The summed E-state index contributed by atoms with van der Waals surface area (Å²) in [6, 6.07) is 0. The maximum absolute atomic E-state index is 10.5. The lowest BCUT2D eigenvalue weighted by Gasteiger charge is -2.19. The van der Waals surface area contributed by atoms with Gasteiger partial charge >= 0.3 is 0 Å². The molecule has 0 aliphatic rings. The zero-order valence-electron chi connectivity index (χ0n) is 5.88. The van der Waals surface area contributed by atoms with Crippen LogP contribution in [0.3, 0.4) is 0 Å². The van der Waals surface area contributed by atoms with Gasteiger partial charge in [0.1, 0.15) is 11.6 Å². The van der Waals surface area contributed by atoms with Gasteiger partial charge in [0.25, 0.3) is 0 Å². The quantitative estimate of drug-likeness (QED) is 0.488. The summed E-state index contributed by atoms with van der Waals surface area (Å²) >= 11 is 0. The maximum Gasteiger partial charge on any atom is 0.209 e. The third-order valence-corrected chi connectivity index (χ3v) is 1.36. The monoisotopic (exact) mass is 145 g/mol. The van der Waals surface area contributed by atoms with Crippen LogP contribution in [-0.4, -0.2) is 22.5 Å². The molecule has 0 spiro atoms. The molecule has 4 nitrogen and oxygen atoms in total. The van der Waals surface area contributed by atoms with Gasteiger partial charge in [-0.1, -0.05) is 6.92 Å². The smallest absolute Gasteiger partial charge is 0.209 e. The minimum atomic E-state index is -1.84. The van der Waals surface area contributed by atoms with Crippen LogP contribution in [-0.2, 0) is 9.59 Å². The molecule has 0 aromatic carbocycles. The minimum absolute atomic E-state index is 0.0693. The summed E-state index contributed by atoms with van der Waals surface area (Å²) in [5, 5.41) is 18.9. The van der Waals surface area contributed by atoms with Crippen LogP contribution in [0.1, 0.15) is 20.3 Å². The first-order valence-electron chi connectivity index (χ1n) is 2.90. The number of carbonyl (C=O) groups excluding carboxylic acids is 2. The van der Waals surface area contributed by atoms with E-state index in [9.17, 15) is 14.7 Å². The number of hydrogen-bond donors (Lipinski definition) is 1. The van der Waals surface area contributed by atoms with Crippen molar-refractivity contribution >= 4 is 11.8 Å². The number of ketones is 1. The van der Waals surface area contributed by atoms with Crippen molar-refractivity contribution in [3.05, 3.63) is 0 Å². The van der Waals surface area contributed by atoms with Crippen LogP contribution in [0, 0.1) is 0 Å². The Bertz CT molecular complexity index is 159. The SMILES string of the molecule is CC[C@@](C)(O)C(=O)C(=O)[O-]. The molecule has 58 valence electrons. The highest BCUT2D eigenvalue weighted by molar-refractivity contribution is 6.34. The average Bonchev–Trinajstić information content (AvgIpc) is 1.86. The number of aliphatic carboxylic acids is 1. The molecule has 0 aromatic heterocycles. The summed E-state index contributed by atoms with van der Waals surface area (Å²) in [5.74, 6) is -3.11. The van der Waals surface area contributed by atoms with E-state index in [1.54, 1.807) is 0 Å². The molecule has 0 amide bonds. The molecule has 0 aliphatic carbocycles. The Morgan fingerprint density at radius 3 is 2.10 bits per heavy atom. The number of aliphatic hydroxyl groups is 1. The second-order valence-corrected chi connectivity index (χ2v) is 2.24. The lowest BCUT2D eigenvalue weighted by Crippen LogP contribution is -2.46. The van der Waals surface area contributed by atoms with Gasteiger partial charge in [0.15, 0.2) is 0 Å². The molecule has 0 heterocycles. The first-order valence-corrected chi connectivity index (χ1v) is 2.90. The van der Waals surface area contributed by atoms with Crippen LogP contribution in [0.2, 0.25) is 0 Å². The highest BCUT2D eigenvalue weighted by Gasteiger charge is 2.28. The average molecular weight is 145 g/mol. The van der Waals surface area contributed by atoms with E-state index < -0.39 is 17.4 Å². The van der Waals surface area contributed by atoms with Crippen LogP contribution in [0.5, 0.6) is 0 Å². The number of Topliss-reactive ketones (excluding diaryl/α,β-unsaturated/α-hetero) is 1. The molecule has 1 N–H and O–H groups in total. The molecule has 10 heavy (non-hydrogen) atoms. The topological polar surface area (TPSA) is 77.4 Å². The lowest BCUT2D eigenvalue weighted by atomic mass is 9.98. The number of rotatable bonds is 3. The Kier molecular flexibility index (Phi) is 2.54. The Balaban J connectivity index is 4.33. The fourth-order valence-corrected chi connectivity index (χ4v) is 0.380. The van der Waals surface area contributed by atoms with Gasteiger partial charge in [0, 0.05) is 0 Å². The van der Waals surface area contributed by atoms with Gasteiger partial charge in [0.2, 0.25) is 5.78 Å². The van der Waals surface area contributed by atoms with E-state index in [0.29, 0.717) is 0 Å². The summed E-state index contributed by atoms with van der Waals surface area (Å²) in [7, 11) is 0. The van der Waals surface area contributed by atoms with E-state index in [2.05, 4.69) is 0 Å². The molecule has 0 saturated heterocycles. The second-order valence-electron chi connectivity index (χ2n) is 2.24. The van der Waals surface area contributed by atoms with E-state index >= 15 is 0 Å². The Morgan fingerprint density at radius 1 is 1.60 bits per heavy atom. The third-order valence-electron chi connectivity index (χ3n) is 1.36. The van der Waals surface area contributed by atoms with Crippen LogP contribution in [0.4, 0.5) is 0 Å². The van der Waals surface area contributed by atoms with E-state index in [0.717, 1.165) is 6.92 Å². The van der Waals surface area contributed by atoms with Crippen LogP contribution >= 0.6 is 0 Å². The normalized spacial score (nSPS) is 15.9. The number of carbonyl (C=O) groups is 2. The Labute approximate surface area is 58.5 Å². The predicted octanol–water partition coefficient (Wildman–Crippen LogP) is -1.53. The van der Waals surface area contributed by atoms with Crippen LogP contribution in [0.25, 0.3) is 0 Å². The standard InChI is InChI=1S/C6H10O4/c1-3-6(2,10)4(7)5(8)9/h10H,3H2,1-2H3,(H,8,9)/p-1/t6-/m1/s1. The molecule has 0 aromatic rings. The van der Waals surface area contributed by atoms with Gasteiger partial charge in [-0.25, -0.2) is 0 Å². The summed E-state index contributed by atoms with van der Waals surface area (Å²) in [6.07, 6.45) is 0.0693. The van der Waals surface area contributed by atoms with Crippen molar-refractivity contribution in [2.45, 2.75) is 25.9 Å². The minimum Gasteiger partial charge on any atom is -0.542 e. The summed E-state index contributed by atoms with van der Waals surface area (Å²) in [5.41, 5.74) is -1.78. The van der Waals surface area contributed by atoms with Crippen molar-refractivity contribution in [3.63, 3.8) is 0 Å². The van der Waals surface area contributed by atoms with Gasteiger partial charge in [-0.05, 0) is 13.3 Å². The fraction of sp³-hybridized carbons (Fsp3) is 0.667. The van der Waals surface area contributed by atoms with Crippen molar-refractivity contribution < 1.29 is 19.8 Å². The molecule has 0 bridgehead atoms. The van der Waals surface area contributed by atoms with E-state index in [-0.39, 0.29) is 6.42 Å². The summed E-state index contributed by atoms with van der Waals surface area (Å²) in [6.45, 7) is 2.66. The van der Waals surface area contributed by atoms with Gasteiger partial charge in [-0.3, -0.25) is 4.79 Å². The molecule has 0 fully saturated rings. The van der Waals surface area contributed by atoms with Crippen molar-refractivity contribution in [2.24, 2.45) is 0 Å². The molecule has 0 unspecified atom stereocenters. The van der Waals surface area contributed by atoms with Crippen molar-refractivity contribution in [3.8, 4) is 0 Å². The van der Waals surface area contributed by atoms with Crippen molar-refractivity contribution in [2.75, 3.05) is 0 Å². The molecule has 0 aliphatic heterocycles. The summed E-state index contributed by atoms with van der Waals surface area (Å²) in [4.78, 5) is 20.4. The summed E-state index contributed by atoms with van der Waals surface area (Å²) < 4.78 is 0. The van der Waals surface area contributed by atoms with Crippen LogP contribution < -0.4 is 5.11 Å². The van der Waals surface area contributed by atoms with Crippen LogP contribution in [0.15, 0.2) is 0 Å². The molecular weight excluding hydrogens is 136 g/mol. The predicted molar refractivity (Wildman–Crippen MR) is 30.9 cm³/mol. The van der Waals surface area contributed by atoms with Gasteiger partial charge in [0.05, 0.1) is 0 Å². The Morgan fingerprint density at radius 2 is 2.00 bits per heavy atom. The van der Waals surface area contributed by atoms with Gasteiger partial charge in [-0.2, -0.15) is 0 Å². The van der Waals surface area contributed by atoms with E-state index in [1.165, 1.54) is 6.92 Å². The molecule has 0 rings (SSSR count). The number of hydrogen-bond acceptors (Lipinski definition) is 4. The molecule has 0 radical (unpaired) electrons. The van der Waals surface area contributed by atoms with Crippen molar-refractivity contribution in [1.29, 1.82) is 0 Å². The number of carboxylic acid groups (broad SMARTS) is 1. The molecule has 1 atom stereocenters. The highest BCUT2D eigenvalue weighted by atomic mass is 16.4. The lowest BCUT2D eigenvalue weighted by molar-refractivity contribution is -0.301. The van der Waals surface area contributed by atoms with Gasteiger partial charge < -0.3 is 15.0 Å². The fourth-order valence-electron chi connectivity index (χ4n) is 0.380. The zero-order chi connectivity index (χ0) is 8.36. The first kappa shape index (κ1) is 9.10. The molecule has 0 saturated carbocycles.